The van der Waals surface area contributed by atoms with E-state index in [4.69, 9.17) is 5.73 Å². The average molecular weight is 226 g/mol. The molecule has 0 saturated heterocycles. The summed E-state index contributed by atoms with van der Waals surface area (Å²) in [5, 5.41) is 13.1. The second-order valence-corrected chi connectivity index (χ2v) is 3.33. The molecule has 0 spiro atoms. The Morgan fingerprint density at radius 2 is 2.38 bits per heavy atom. The van der Waals surface area contributed by atoms with Crippen molar-refractivity contribution in [1.29, 1.82) is 0 Å². The lowest BCUT2D eigenvalue weighted by Crippen LogP contribution is -2.39. The Labute approximate surface area is 92.2 Å². The van der Waals surface area contributed by atoms with E-state index in [1.54, 1.807) is 0 Å². The molecule has 7 nitrogen and oxygen atoms in total. The average Bonchev–Trinajstić information content (AvgIpc) is 2.74. The number of carbonyl (C=O) groups excluding carboxylic acids is 1. The van der Waals surface area contributed by atoms with E-state index in [-0.39, 0.29) is 23.5 Å². The Balaban J connectivity index is 2.69. The second kappa shape index (κ2) is 5.26. The number of hydrogen-bond acceptors (Lipinski definition) is 4. The highest BCUT2D eigenvalue weighted by Gasteiger charge is 2.17. The number of aromatic amines is 1. The third-order valence-corrected chi connectivity index (χ3v) is 2.22. The summed E-state index contributed by atoms with van der Waals surface area (Å²) in [5.74, 6) is -0.587. The van der Waals surface area contributed by atoms with Gasteiger partial charge in [-0.05, 0) is 17.4 Å². The number of rotatable bonds is 5. The van der Waals surface area contributed by atoms with Gasteiger partial charge in [0.05, 0.1) is 0 Å². The lowest BCUT2D eigenvalue weighted by atomic mass is 10.2. The van der Waals surface area contributed by atoms with Crippen LogP contribution in [0.3, 0.4) is 0 Å². The van der Waals surface area contributed by atoms with Gasteiger partial charge in [0, 0.05) is 18.7 Å². The molecule has 1 atom stereocenters. The van der Waals surface area contributed by atoms with Crippen molar-refractivity contribution in [3.05, 3.63) is 27.9 Å². The van der Waals surface area contributed by atoms with Gasteiger partial charge in [-0.25, -0.2) is 4.98 Å². The summed E-state index contributed by atoms with van der Waals surface area (Å²) >= 11 is 0. The fourth-order valence-corrected chi connectivity index (χ4v) is 1.21. The van der Waals surface area contributed by atoms with Crippen molar-refractivity contribution in [2.24, 2.45) is 5.73 Å². The summed E-state index contributed by atoms with van der Waals surface area (Å²) in [6, 6.07) is 2.50. The molecular weight excluding hydrogens is 212 g/mol. The molecule has 0 aliphatic rings. The first-order valence-corrected chi connectivity index (χ1v) is 4.92. The highest BCUT2D eigenvalue weighted by Crippen LogP contribution is 2.09. The number of nitro groups is 1. The topological polar surface area (TPSA) is 114 Å². The molecular formula is C9H14N4O3. The smallest absolute Gasteiger partial charge is 0.321 e. The molecule has 0 saturated carbocycles. The van der Waals surface area contributed by atoms with E-state index in [1.807, 2.05) is 6.92 Å². The minimum Gasteiger partial charge on any atom is -0.358 e. The third kappa shape index (κ3) is 2.80. The van der Waals surface area contributed by atoms with Gasteiger partial charge < -0.3 is 21.2 Å². The Bertz CT molecular complexity index is 384. The van der Waals surface area contributed by atoms with Crippen LogP contribution in [0.1, 0.15) is 23.8 Å². The van der Waals surface area contributed by atoms with Crippen LogP contribution in [0.15, 0.2) is 12.1 Å². The van der Waals surface area contributed by atoms with Gasteiger partial charge in [0.1, 0.15) is 0 Å². The van der Waals surface area contributed by atoms with Crippen molar-refractivity contribution in [2.75, 3.05) is 6.54 Å². The van der Waals surface area contributed by atoms with Crippen LogP contribution in [0.25, 0.3) is 0 Å². The van der Waals surface area contributed by atoms with Gasteiger partial charge in [0.2, 0.25) is 0 Å². The number of amides is 1. The van der Waals surface area contributed by atoms with E-state index in [1.165, 1.54) is 12.1 Å². The monoisotopic (exact) mass is 226 g/mol. The van der Waals surface area contributed by atoms with Crippen molar-refractivity contribution >= 4 is 11.7 Å². The fourth-order valence-electron chi connectivity index (χ4n) is 1.21. The Kier molecular flexibility index (Phi) is 4.01. The molecule has 1 aromatic rings. The predicted molar refractivity (Wildman–Crippen MR) is 58.0 cm³/mol. The minimum atomic E-state index is -0.586. The number of nitrogens with one attached hydrogen (secondary N) is 2. The lowest BCUT2D eigenvalue weighted by molar-refractivity contribution is -0.389. The normalized spacial score (nSPS) is 12.1. The molecule has 16 heavy (non-hydrogen) atoms. The number of H-pyrrole nitrogens is 1. The number of hydrogen-bond donors (Lipinski definition) is 3. The first kappa shape index (κ1) is 12.2. The van der Waals surface area contributed by atoms with Gasteiger partial charge in [-0.3, -0.25) is 4.79 Å². The summed E-state index contributed by atoms with van der Waals surface area (Å²) in [4.78, 5) is 23.8. The summed E-state index contributed by atoms with van der Waals surface area (Å²) in [6.07, 6.45) is 0.713. The molecule has 1 aromatic heterocycles. The van der Waals surface area contributed by atoms with E-state index in [2.05, 4.69) is 10.3 Å². The molecule has 0 aliphatic heterocycles. The fraction of sp³-hybridized carbons (Fsp3) is 0.444. The number of aromatic nitrogens is 1. The maximum Gasteiger partial charge on any atom is 0.321 e. The van der Waals surface area contributed by atoms with E-state index in [0.717, 1.165) is 0 Å². The van der Waals surface area contributed by atoms with E-state index >= 15 is 0 Å². The van der Waals surface area contributed by atoms with Crippen LogP contribution in [0.4, 0.5) is 5.82 Å². The van der Waals surface area contributed by atoms with Crippen molar-refractivity contribution in [1.82, 2.24) is 10.3 Å². The van der Waals surface area contributed by atoms with Crippen LogP contribution in [0.5, 0.6) is 0 Å². The zero-order chi connectivity index (χ0) is 12.1. The number of nitrogens with zero attached hydrogens (tertiary/aromatic N) is 1. The molecule has 1 amide bonds. The molecule has 7 heteroatoms. The van der Waals surface area contributed by atoms with Gasteiger partial charge in [0.25, 0.3) is 5.91 Å². The molecule has 0 fully saturated rings. The summed E-state index contributed by atoms with van der Waals surface area (Å²) in [5.41, 5.74) is 5.60. The predicted octanol–water partition coefficient (Wildman–Crippen LogP) is 0.390. The number of nitrogens with two attached hydrogens (primary N) is 1. The van der Waals surface area contributed by atoms with Crippen molar-refractivity contribution in [3.8, 4) is 0 Å². The second-order valence-electron chi connectivity index (χ2n) is 3.33. The maximum absolute atomic E-state index is 11.6. The Hall–Kier alpha value is -1.89. The molecule has 0 aliphatic carbocycles. The van der Waals surface area contributed by atoms with Crippen LogP contribution in [-0.4, -0.2) is 28.4 Å². The number of carbonyl (C=O) groups is 1. The van der Waals surface area contributed by atoms with Crippen LogP contribution in [-0.2, 0) is 0 Å². The van der Waals surface area contributed by atoms with Gasteiger partial charge in [-0.15, -0.1) is 0 Å². The summed E-state index contributed by atoms with van der Waals surface area (Å²) in [7, 11) is 0. The summed E-state index contributed by atoms with van der Waals surface area (Å²) in [6.45, 7) is 2.24. The molecule has 1 rings (SSSR count). The van der Waals surface area contributed by atoms with Crippen LogP contribution >= 0.6 is 0 Å². The largest absolute Gasteiger partial charge is 0.358 e. The first-order valence-electron chi connectivity index (χ1n) is 4.92. The van der Waals surface area contributed by atoms with Gasteiger partial charge >= 0.3 is 5.82 Å². The Morgan fingerprint density at radius 1 is 1.69 bits per heavy atom. The van der Waals surface area contributed by atoms with Crippen molar-refractivity contribution in [3.63, 3.8) is 0 Å². The molecule has 1 heterocycles. The minimum absolute atomic E-state index is 0.116. The Morgan fingerprint density at radius 3 is 2.81 bits per heavy atom. The SMILES string of the molecule is CCC(CN)NC(=O)c1ccc([N+](=O)[O-])[nH]1. The highest BCUT2D eigenvalue weighted by molar-refractivity contribution is 5.93. The molecule has 0 radical (unpaired) electrons. The maximum atomic E-state index is 11.6. The van der Waals surface area contributed by atoms with Gasteiger partial charge in [0.15, 0.2) is 5.69 Å². The van der Waals surface area contributed by atoms with E-state index in [0.29, 0.717) is 13.0 Å². The lowest BCUT2D eigenvalue weighted by Gasteiger charge is -2.12. The quantitative estimate of drug-likeness (QED) is 0.497. The zero-order valence-corrected chi connectivity index (χ0v) is 8.90. The van der Waals surface area contributed by atoms with Crippen LogP contribution in [0, 0.1) is 10.1 Å². The molecule has 0 aromatic carbocycles. The first-order chi connectivity index (χ1) is 7.58. The molecule has 88 valence electrons. The summed E-state index contributed by atoms with van der Waals surface area (Å²) < 4.78 is 0. The molecule has 0 bridgehead atoms. The molecule has 1 unspecified atom stereocenters. The molecule has 4 N–H and O–H groups in total. The van der Waals surface area contributed by atoms with Gasteiger partial charge in [-0.1, -0.05) is 6.92 Å². The van der Waals surface area contributed by atoms with Crippen LogP contribution in [0.2, 0.25) is 0 Å². The van der Waals surface area contributed by atoms with Crippen molar-refractivity contribution < 1.29 is 9.72 Å². The standard InChI is InChI=1S/C9H14N4O3/c1-2-6(5-10)11-9(14)7-3-4-8(12-7)13(15)16/h3-4,6,12H,2,5,10H2,1H3,(H,11,14). The zero-order valence-electron chi connectivity index (χ0n) is 8.90. The van der Waals surface area contributed by atoms with Crippen LogP contribution < -0.4 is 11.1 Å². The third-order valence-electron chi connectivity index (χ3n) is 2.22. The van der Waals surface area contributed by atoms with E-state index < -0.39 is 4.92 Å². The van der Waals surface area contributed by atoms with E-state index in [9.17, 15) is 14.9 Å². The van der Waals surface area contributed by atoms with Crippen molar-refractivity contribution in [2.45, 2.75) is 19.4 Å². The highest BCUT2D eigenvalue weighted by atomic mass is 16.6. The van der Waals surface area contributed by atoms with Gasteiger partial charge in [-0.2, -0.15) is 0 Å².